The molecule has 1 saturated carbocycles. The second-order valence-corrected chi connectivity index (χ2v) is 9.16. The largest absolute Gasteiger partial charge is 0.493 e. The molecule has 1 aromatic carbocycles. The summed E-state index contributed by atoms with van der Waals surface area (Å²) in [6.07, 6.45) is 8.32. The Hall–Kier alpha value is -2.05. The van der Waals surface area contributed by atoms with Crippen LogP contribution in [0.4, 0.5) is 5.69 Å². The molecule has 1 N–H and O–H groups in total. The van der Waals surface area contributed by atoms with Crippen LogP contribution in [0.5, 0.6) is 11.5 Å². The third-order valence-corrected chi connectivity index (χ3v) is 6.74. The lowest BCUT2D eigenvalue weighted by Crippen LogP contribution is -2.21. The summed E-state index contributed by atoms with van der Waals surface area (Å²) in [5, 5.41) is 4.84. The molecule has 1 aromatic heterocycles. The Labute approximate surface area is 185 Å². The molecule has 2 fully saturated rings. The smallest absolute Gasteiger partial charge is 0.163 e. The molecule has 5 rings (SSSR count). The summed E-state index contributed by atoms with van der Waals surface area (Å²) in [4.78, 5) is 7.57. The van der Waals surface area contributed by atoms with Gasteiger partial charge in [-0.25, -0.2) is 0 Å². The van der Waals surface area contributed by atoms with Crippen molar-refractivity contribution in [1.29, 1.82) is 0 Å². The Morgan fingerprint density at radius 3 is 2.84 bits per heavy atom. The van der Waals surface area contributed by atoms with Crippen molar-refractivity contribution >= 4 is 16.6 Å². The third-order valence-electron chi connectivity index (χ3n) is 6.74. The van der Waals surface area contributed by atoms with Gasteiger partial charge in [0, 0.05) is 42.4 Å². The van der Waals surface area contributed by atoms with Crippen LogP contribution in [0.25, 0.3) is 10.9 Å². The summed E-state index contributed by atoms with van der Waals surface area (Å²) in [5.41, 5.74) is 4.53. The number of rotatable bonds is 9. The van der Waals surface area contributed by atoms with Crippen molar-refractivity contribution in [2.24, 2.45) is 5.92 Å². The van der Waals surface area contributed by atoms with E-state index < -0.39 is 0 Å². The van der Waals surface area contributed by atoms with Gasteiger partial charge >= 0.3 is 0 Å². The first-order valence-corrected chi connectivity index (χ1v) is 12.0. The first-order chi connectivity index (χ1) is 15.3. The van der Waals surface area contributed by atoms with Crippen LogP contribution in [0, 0.1) is 5.92 Å². The van der Waals surface area contributed by atoms with Crippen molar-refractivity contribution in [3.8, 4) is 11.5 Å². The lowest BCUT2D eigenvalue weighted by molar-refractivity contribution is 0.125. The number of ether oxygens (including phenoxy) is 3. The Bertz CT molecular complexity index is 907. The van der Waals surface area contributed by atoms with Gasteiger partial charge in [0.05, 0.1) is 31.5 Å². The number of likely N-dealkylation sites (tertiary alicyclic amines) is 1. The summed E-state index contributed by atoms with van der Waals surface area (Å²) in [7, 11) is 1.72. The fourth-order valence-corrected chi connectivity index (χ4v) is 4.76. The van der Waals surface area contributed by atoms with Crippen LogP contribution in [-0.4, -0.2) is 56.4 Å². The van der Waals surface area contributed by atoms with E-state index >= 15 is 0 Å². The number of hydrogen-bond donors (Lipinski definition) is 1. The van der Waals surface area contributed by atoms with Gasteiger partial charge in [0.2, 0.25) is 0 Å². The molecule has 0 radical (unpaired) electrons. The van der Waals surface area contributed by atoms with E-state index in [0.717, 1.165) is 73.0 Å². The van der Waals surface area contributed by atoms with Gasteiger partial charge < -0.3 is 24.4 Å². The van der Waals surface area contributed by atoms with Gasteiger partial charge in [0.15, 0.2) is 11.5 Å². The fraction of sp³-hybridized carbons (Fsp3) is 0.640. The highest BCUT2D eigenvalue weighted by Gasteiger charge is 2.24. The van der Waals surface area contributed by atoms with Crippen LogP contribution in [0.1, 0.15) is 49.8 Å². The van der Waals surface area contributed by atoms with Gasteiger partial charge in [-0.15, -0.1) is 0 Å². The zero-order chi connectivity index (χ0) is 21.0. The van der Waals surface area contributed by atoms with Gasteiger partial charge in [-0.05, 0) is 70.0 Å². The van der Waals surface area contributed by atoms with Crippen molar-refractivity contribution in [1.82, 2.24) is 9.88 Å². The zero-order valence-electron chi connectivity index (χ0n) is 18.8. The molecule has 2 aromatic rings. The number of fused-ring (bicyclic) bond motifs is 2. The van der Waals surface area contributed by atoms with Crippen molar-refractivity contribution in [3.63, 3.8) is 0 Å². The lowest BCUT2D eigenvalue weighted by atomic mass is 10.0. The van der Waals surface area contributed by atoms with E-state index in [2.05, 4.69) is 22.3 Å². The summed E-state index contributed by atoms with van der Waals surface area (Å²) in [6.45, 7) is 6.71. The van der Waals surface area contributed by atoms with Crippen LogP contribution in [-0.2, 0) is 17.8 Å². The van der Waals surface area contributed by atoms with Gasteiger partial charge in [0.25, 0.3) is 0 Å². The van der Waals surface area contributed by atoms with Crippen molar-refractivity contribution in [3.05, 3.63) is 23.4 Å². The predicted octanol–water partition coefficient (Wildman–Crippen LogP) is 4.39. The van der Waals surface area contributed by atoms with Gasteiger partial charge in [-0.2, -0.15) is 0 Å². The molecule has 6 nitrogen and oxygen atoms in total. The highest BCUT2D eigenvalue weighted by atomic mass is 16.5. The van der Waals surface area contributed by atoms with Crippen molar-refractivity contribution in [2.45, 2.75) is 51.6 Å². The first kappa shape index (κ1) is 20.8. The quantitative estimate of drug-likeness (QED) is 0.601. The van der Waals surface area contributed by atoms with Crippen LogP contribution in [0.2, 0.25) is 0 Å². The minimum absolute atomic E-state index is 0.627. The maximum atomic E-state index is 6.18. The molecule has 0 atom stereocenters. The predicted molar refractivity (Wildman–Crippen MR) is 123 cm³/mol. The number of benzene rings is 1. The first-order valence-electron chi connectivity index (χ1n) is 12.0. The lowest BCUT2D eigenvalue weighted by Gasteiger charge is -2.19. The molecule has 6 heteroatoms. The van der Waals surface area contributed by atoms with Gasteiger partial charge in [0.1, 0.15) is 0 Å². The van der Waals surface area contributed by atoms with E-state index in [9.17, 15) is 0 Å². The van der Waals surface area contributed by atoms with E-state index in [4.69, 9.17) is 19.2 Å². The number of nitrogens with one attached hydrogen (secondary N) is 1. The van der Waals surface area contributed by atoms with E-state index in [-0.39, 0.29) is 0 Å². The number of hydrogen-bond acceptors (Lipinski definition) is 6. The van der Waals surface area contributed by atoms with E-state index in [1.807, 2.05) is 0 Å². The average Bonchev–Trinajstić information content (AvgIpc) is 3.53. The molecule has 1 saturated heterocycles. The Balaban J connectivity index is 1.40. The second kappa shape index (κ2) is 9.61. The summed E-state index contributed by atoms with van der Waals surface area (Å²) < 4.78 is 17.8. The number of aromatic nitrogens is 1. The molecule has 0 amide bonds. The molecule has 3 aliphatic rings. The van der Waals surface area contributed by atoms with E-state index in [1.165, 1.54) is 50.0 Å². The number of aryl methyl sites for hydroxylation is 1. The highest BCUT2D eigenvalue weighted by molar-refractivity contribution is 5.95. The topological polar surface area (TPSA) is 55.8 Å². The Kier molecular flexibility index (Phi) is 6.46. The van der Waals surface area contributed by atoms with Crippen molar-refractivity contribution in [2.75, 3.05) is 51.8 Å². The molecule has 2 aliphatic heterocycles. The minimum atomic E-state index is 0.627. The Morgan fingerprint density at radius 1 is 1.16 bits per heavy atom. The van der Waals surface area contributed by atoms with Crippen LogP contribution in [0.15, 0.2) is 12.1 Å². The van der Waals surface area contributed by atoms with Crippen LogP contribution >= 0.6 is 0 Å². The third kappa shape index (κ3) is 4.90. The molecule has 0 unspecified atom stereocenters. The van der Waals surface area contributed by atoms with Crippen molar-refractivity contribution < 1.29 is 14.2 Å². The van der Waals surface area contributed by atoms with Crippen LogP contribution < -0.4 is 14.8 Å². The zero-order valence-corrected chi connectivity index (χ0v) is 18.8. The average molecular weight is 426 g/mol. The number of pyridine rings is 1. The van der Waals surface area contributed by atoms with E-state index in [0.29, 0.717) is 13.2 Å². The van der Waals surface area contributed by atoms with Gasteiger partial charge in [-0.1, -0.05) is 0 Å². The molecule has 0 spiro atoms. The highest BCUT2D eigenvalue weighted by Crippen LogP contribution is 2.39. The fourth-order valence-electron chi connectivity index (χ4n) is 4.76. The van der Waals surface area contributed by atoms with E-state index in [1.54, 1.807) is 7.11 Å². The van der Waals surface area contributed by atoms with Crippen LogP contribution in [0.3, 0.4) is 0 Å². The molecule has 0 bridgehead atoms. The normalized spacial score (nSPS) is 19.3. The standard InChI is InChI=1S/C25H35N3O3/c1-29-23-14-19-22(15-24(23)31-13-5-11-28-9-2-3-10-28)27-21-6-4-12-30-17-20(21)25(19)26-16-18-7-8-18/h14-15,18H,2-13,16-17H2,1H3,(H,26,27). The second-order valence-electron chi connectivity index (χ2n) is 9.16. The summed E-state index contributed by atoms with van der Waals surface area (Å²) in [6, 6.07) is 4.16. The molecule has 1 aliphatic carbocycles. The molecule has 168 valence electrons. The maximum Gasteiger partial charge on any atom is 0.163 e. The SMILES string of the molecule is COc1cc2c(NCC3CC3)c3c(nc2cc1OCCCN1CCCC1)CCCOC3. The maximum absolute atomic E-state index is 6.18. The number of anilines is 1. The Morgan fingerprint density at radius 2 is 2.03 bits per heavy atom. The molecule has 3 heterocycles. The minimum Gasteiger partial charge on any atom is -0.493 e. The number of nitrogens with zero attached hydrogens (tertiary/aromatic N) is 2. The molecular weight excluding hydrogens is 390 g/mol. The molecule has 31 heavy (non-hydrogen) atoms. The number of methoxy groups -OCH3 is 1. The monoisotopic (exact) mass is 425 g/mol. The van der Waals surface area contributed by atoms with Gasteiger partial charge in [-0.3, -0.25) is 4.98 Å². The molecular formula is C25H35N3O3. The summed E-state index contributed by atoms with van der Waals surface area (Å²) in [5.74, 6) is 2.37. The summed E-state index contributed by atoms with van der Waals surface area (Å²) >= 11 is 0.